The minimum absolute atomic E-state index is 0.519. The van der Waals surface area contributed by atoms with Gasteiger partial charge in [-0.3, -0.25) is 0 Å². The fourth-order valence-electron chi connectivity index (χ4n) is 6.44. The van der Waals surface area contributed by atoms with Gasteiger partial charge in [0.1, 0.15) is 34.5 Å². The largest absolute Gasteiger partial charge is 0.497 e. The molecule has 0 atom stereocenters. The van der Waals surface area contributed by atoms with Gasteiger partial charge in [0.25, 0.3) is 0 Å². The molecule has 0 saturated heterocycles. The molecule has 0 fully saturated rings. The third kappa shape index (κ3) is 10.3. The number of aryl methyl sites for hydroxylation is 6. The van der Waals surface area contributed by atoms with Crippen molar-refractivity contribution in [2.24, 2.45) is 0 Å². The van der Waals surface area contributed by atoms with Crippen LogP contribution in [0.4, 0.5) is 0 Å². The van der Waals surface area contributed by atoms with E-state index in [1.54, 1.807) is 35.5 Å². The molecule has 0 unspecified atom stereocenters. The molecule has 278 valence electrons. The number of rotatable bonds is 18. The van der Waals surface area contributed by atoms with Crippen molar-refractivity contribution in [3.63, 3.8) is 0 Å². The van der Waals surface area contributed by atoms with Crippen LogP contribution >= 0.6 is 0 Å². The summed E-state index contributed by atoms with van der Waals surface area (Å²) >= 11 is 0. The Labute approximate surface area is 319 Å². The fraction of sp³-hybridized carbons (Fsp3) is 0.234. The van der Waals surface area contributed by atoms with E-state index in [4.69, 9.17) is 33.2 Å². The highest BCUT2D eigenvalue weighted by Crippen LogP contribution is 2.43. The van der Waals surface area contributed by atoms with Gasteiger partial charge in [-0.1, -0.05) is 48.5 Å². The lowest BCUT2D eigenvalue weighted by Crippen LogP contribution is -2.00. The Hall–Kier alpha value is -6.08. The first-order valence-electron chi connectivity index (χ1n) is 18.2. The first-order valence-corrected chi connectivity index (χ1v) is 18.2. The number of ether oxygens (including phenoxy) is 7. The molecule has 6 rings (SSSR count). The molecular formula is C47H48O7. The van der Waals surface area contributed by atoms with E-state index in [0.717, 1.165) is 77.7 Å². The summed E-state index contributed by atoms with van der Waals surface area (Å²) in [6.07, 6.45) is 4.94. The Kier molecular flexibility index (Phi) is 13.0. The van der Waals surface area contributed by atoms with Crippen LogP contribution < -0.4 is 33.2 Å². The summed E-state index contributed by atoms with van der Waals surface area (Å²) in [5, 5.41) is 0. The van der Waals surface area contributed by atoms with Gasteiger partial charge < -0.3 is 33.2 Å². The van der Waals surface area contributed by atoms with Gasteiger partial charge in [-0.2, -0.15) is 0 Å². The zero-order valence-electron chi connectivity index (χ0n) is 31.7. The molecule has 54 heavy (non-hydrogen) atoms. The van der Waals surface area contributed by atoms with Gasteiger partial charge in [-0.25, -0.2) is 0 Å². The third-order valence-electron chi connectivity index (χ3n) is 9.32. The van der Waals surface area contributed by atoms with Gasteiger partial charge in [-0.05, 0) is 145 Å². The van der Waals surface area contributed by atoms with Crippen molar-refractivity contribution >= 4 is 0 Å². The average molecular weight is 725 g/mol. The molecule has 0 heterocycles. The van der Waals surface area contributed by atoms with Crippen molar-refractivity contribution in [3.05, 3.63) is 161 Å². The molecule has 7 nitrogen and oxygen atoms in total. The summed E-state index contributed by atoms with van der Waals surface area (Å²) in [6, 6.07) is 42.8. The van der Waals surface area contributed by atoms with Crippen LogP contribution in [0.3, 0.4) is 0 Å². The predicted octanol–water partition coefficient (Wildman–Crippen LogP) is 10.7. The number of hydrogen-bond donors (Lipinski definition) is 0. The normalized spacial score (nSPS) is 10.8. The van der Waals surface area contributed by atoms with Gasteiger partial charge in [0.2, 0.25) is 5.75 Å². The fourth-order valence-corrected chi connectivity index (χ4v) is 6.44. The van der Waals surface area contributed by atoms with Crippen molar-refractivity contribution in [1.29, 1.82) is 0 Å². The third-order valence-corrected chi connectivity index (χ3v) is 9.32. The van der Waals surface area contributed by atoms with E-state index in [1.807, 2.05) is 78.9 Å². The lowest BCUT2D eigenvalue weighted by Gasteiger charge is -2.18. The summed E-state index contributed by atoms with van der Waals surface area (Å²) in [5.41, 5.74) is 6.90. The molecule has 0 aromatic heterocycles. The topological polar surface area (TPSA) is 64.6 Å². The number of methoxy groups -OCH3 is 5. The second kappa shape index (κ2) is 18.6. The highest BCUT2D eigenvalue weighted by molar-refractivity contribution is 5.57. The Balaban J connectivity index is 1.26. The van der Waals surface area contributed by atoms with Crippen LogP contribution in [0.5, 0.6) is 51.7 Å². The van der Waals surface area contributed by atoms with Crippen molar-refractivity contribution < 1.29 is 33.2 Å². The minimum Gasteiger partial charge on any atom is -0.497 e. The van der Waals surface area contributed by atoms with Crippen molar-refractivity contribution in [3.8, 4) is 51.7 Å². The van der Waals surface area contributed by atoms with E-state index in [1.165, 1.54) is 22.3 Å². The molecule has 7 heteroatoms. The van der Waals surface area contributed by atoms with Gasteiger partial charge in [0, 0.05) is 6.07 Å². The standard InChI is InChI=1S/C47H48O7/c1-48-39-14-6-10-33(24-39)18-20-35-12-8-16-41(26-35)53-45-30-38(23-22-37-28-43(50-3)32-44(29-37)51-4)31-46(47(45)52-5)54-42-17-9-13-36(27-42)21-19-34-11-7-15-40(25-34)49-2/h6-17,24-32H,18-23H2,1-5H3. The summed E-state index contributed by atoms with van der Waals surface area (Å²) in [4.78, 5) is 0. The van der Waals surface area contributed by atoms with Gasteiger partial charge in [-0.15, -0.1) is 0 Å². The van der Waals surface area contributed by atoms with E-state index in [9.17, 15) is 0 Å². The Morgan fingerprint density at radius 1 is 0.296 bits per heavy atom. The SMILES string of the molecule is COc1cccc(CCc2cccc(Oc3cc(CCc4cc(OC)cc(OC)c4)cc(Oc4cccc(CCc5cccc(OC)c5)c4)c3OC)c2)c1. The van der Waals surface area contributed by atoms with Gasteiger partial charge in [0.05, 0.1) is 35.5 Å². The smallest absolute Gasteiger partial charge is 0.204 e. The zero-order chi connectivity index (χ0) is 37.7. The van der Waals surface area contributed by atoms with E-state index < -0.39 is 0 Å². The first-order chi connectivity index (χ1) is 26.4. The molecule has 0 saturated carbocycles. The summed E-state index contributed by atoms with van der Waals surface area (Å²) in [6.45, 7) is 0. The van der Waals surface area contributed by atoms with Crippen LogP contribution in [-0.2, 0) is 38.5 Å². The summed E-state index contributed by atoms with van der Waals surface area (Å²) < 4.78 is 41.2. The predicted molar refractivity (Wildman–Crippen MR) is 214 cm³/mol. The molecule has 6 aromatic carbocycles. The second-order valence-electron chi connectivity index (χ2n) is 13.0. The van der Waals surface area contributed by atoms with E-state index in [0.29, 0.717) is 23.7 Å². The molecule has 0 aliphatic heterocycles. The van der Waals surface area contributed by atoms with Crippen LogP contribution in [0.25, 0.3) is 0 Å². The van der Waals surface area contributed by atoms with Crippen molar-refractivity contribution in [2.75, 3.05) is 35.5 Å². The zero-order valence-corrected chi connectivity index (χ0v) is 31.7. The lowest BCUT2D eigenvalue weighted by atomic mass is 10.0. The first kappa shape index (κ1) is 37.7. The second-order valence-corrected chi connectivity index (χ2v) is 13.0. The summed E-state index contributed by atoms with van der Waals surface area (Å²) in [5.74, 6) is 6.34. The van der Waals surface area contributed by atoms with Crippen molar-refractivity contribution in [1.82, 2.24) is 0 Å². The van der Waals surface area contributed by atoms with E-state index >= 15 is 0 Å². The van der Waals surface area contributed by atoms with Gasteiger partial charge in [0.15, 0.2) is 11.5 Å². The maximum atomic E-state index is 6.63. The lowest BCUT2D eigenvalue weighted by molar-refractivity contribution is 0.352. The van der Waals surface area contributed by atoms with Crippen LogP contribution in [0.2, 0.25) is 0 Å². The quantitative estimate of drug-likeness (QED) is 0.0874. The van der Waals surface area contributed by atoms with E-state index in [2.05, 4.69) is 48.5 Å². The molecule has 0 bridgehead atoms. The molecule has 0 amide bonds. The molecular weight excluding hydrogens is 677 g/mol. The molecule has 0 aliphatic rings. The molecule has 0 aliphatic carbocycles. The highest BCUT2D eigenvalue weighted by atomic mass is 16.5. The average Bonchev–Trinajstić information content (AvgIpc) is 3.21. The Morgan fingerprint density at radius 3 is 0.981 bits per heavy atom. The maximum Gasteiger partial charge on any atom is 0.204 e. The Morgan fingerprint density at radius 2 is 0.611 bits per heavy atom. The maximum absolute atomic E-state index is 6.63. The highest BCUT2D eigenvalue weighted by Gasteiger charge is 2.18. The summed E-state index contributed by atoms with van der Waals surface area (Å²) in [7, 11) is 8.36. The van der Waals surface area contributed by atoms with Crippen LogP contribution in [0.15, 0.2) is 127 Å². The molecule has 6 aromatic rings. The van der Waals surface area contributed by atoms with Crippen LogP contribution in [-0.4, -0.2) is 35.5 Å². The minimum atomic E-state index is 0.519. The van der Waals surface area contributed by atoms with Crippen LogP contribution in [0, 0.1) is 0 Å². The number of hydrogen-bond acceptors (Lipinski definition) is 7. The Bertz CT molecular complexity index is 2000. The molecule has 0 radical (unpaired) electrons. The van der Waals surface area contributed by atoms with Crippen LogP contribution in [0.1, 0.15) is 33.4 Å². The monoisotopic (exact) mass is 724 g/mol. The van der Waals surface area contributed by atoms with E-state index in [-0.39, 0.29) is 0 Å². The number of benzene rings is 6. The molecule has 0 N–H and O–H groups in total. The van der Waals surface area contributed by atoms with Gasteiger partial charge >= 0.3 is 0 Å². The van der Waals surface area contributed by atoms with Crippen molar-refractivity contribution in [2.45, 2.75) is 38.5 Å². The molecule has 0 spiro atoms.